The number of nitrogens with one attached hydrogen (secondary N) is 2. The molecule has 0 bridgehead atoms. The first-order valence-corrected chi connectivity index (χ1v) is 10.3. The van der Waals surface area contributed by atoms with Gasteiger partial charge >= 0.3 is 5.69 Å². The molecule has 0 radical (unpaired) electrons. The van der Waals surface area contributed by atoms with Gasteiger partial charge in [0.15, 0.2) is 0 Å². The molecule has 3 fully saturated rings. The van der Waals surface area contributed by atoms with Crippen LogP contribution in [0.2, 0.25) is 0 Å². The topological polar surface area (TPSA) is 89.2 Å². The van der Waals surface area contributed by atoms with Crippen molar-refractivity contribution in [3.8, 4) is 0 Å². The number of alkyl halides is 2. The average molecular weight is 411 g/mol. The summed E-state index contributed by atoms with van der Waals surface area (Å²) in [6.07, 6.45) is -0.244. The molecular weight excluding hydrogens is 387 g/mol. The van der Waals surface area contributed by atoms with Gasteiger partial charge in [-0.1, -0.05) is 6.92 Å². The van der Waals surface area contributed by atoms with E-state index in [1.54, 1.807) is 6.92 Å². The van der Waals surface area contributed by atoms with Gasteiger partial charge in [-0.05, 0) is 31.1 Å². The standard InChI is InChI=1S/C20H24F3N3O3/c1-8-15-13(18(28)25-19(29)24-15)12(9-2-3-9)14(21)16(8)26-6-10-4-5-20(22,23)17(27)11(10)7-26/h8-11,16-17,27H,2-7H2,1H3,(H2,24,25,28,29). The molecule has 29 heavy (non-hydrogen) atoms. The molecule has 3 N–H and O–H groups in total. The van der Waals surface area contributed by atoms with Crippen LogP contribution < -0.4 is 11.2 Å². The molecular formula is C20H24F3N3O3. The lowest BCUT2D eigenvalue weighted by Crippen LogP contribution is -2.47. The highest BCUT2D eigenvalue weighted by molar-refractivity contribution is 5.75. The summed E-state index contributed by atoms with van der Waals surface area (Å²) in [5, 5.41) is 10.2. The number of aromatic nitrogens is 2. The third-order valence-corrected chi connectivity index (χ3v) is 7.27. The highest BCUT2D eigenvalue weighted by Gasteiger charge is 2.55. The lowest BCUT2D eigenvalue weighted by Gasteiger charge is -2.37. The Hall–Kier alpha value is -1.87. The molecule has 0 spiro atoms. The van der Waals surface area contributed by atoms with Crippen LogP contribution in [0.3, 0.4) is 0 Å². The lowest BCUT2D eigenvalue weighted by atomic mass is 9.77. The predicted octanol–water partition coefficient (Wildman–Crippen LogP) is 1.98. The third-order valence-electron chi connectivity index (χ3n) is 7.27. The van der Waals surface area contributed by atoms with Gasteiger partial charge in [0.05, 0.1) is 11.6 Å². The Morgan fingerprint density at radius 3 is 2.55 bits per heavy atom. The highest BCUT2D eigenvalue weighted by atomic mass is 19.3. The van der Waals surface area contributed by atoms with Crippen molar-refractivity contribution in [2.75, 3.05) is 13.1 Å². The first-order valence-electron chi connectivity index (χ1n) is 10.3. The van der Waals surface area contributed by atoms with Crippen molar-refractivity contribution >= 4 is 5.57 Å². The smallest absolute Gasteiger partial charge is 0.325 e. The molecule has 1 saturated heterocycles. The third kappa shape index (κ3) is 2.84. The Bertz CT molecular complexity index is 997. The predicted molar refractivity (Wildman–Crippen MR) is 99.4 cm³/mol. The number of rotatable bonds is 2. The summed E-state index contributed by atoms with van der Waals surface area (Å²) in [5.74, 6) is -4.81. The number of likely N-dealkylation sites (tertiary alicyclic amines) is 1. The van der Waals surface area contributed by atoms with Gasteiger partial charge in [-0.2, -0.15) is 0 Å². The molecule has 2 heterocycles. The molecule has 158 valence electrons. The molecule has 1 aromatic rings. The van der Waals surface area contributed by atoms with Crippen LogP contribution in [0.5, 0.6) is 0 Å². The summed E-state index contributed by atoms with van der Waals surface area (Å²) in [6.45, 7) is 2.33. The van der Waals surface area contributed by atoms with E-state index < -0.39 is 47.0 Å². The first kappa shape index (κ1) is 19.1. The molecule has 0 amide bonds. The maximum absolute atomic E-state index is 15.8. The molecule has 1 aromatic heterocycles. The van der Waals surface area contributed by atoms with Crippen LogP contribution in [-0.4, -0.2) is 51.1 Å². The monoisotopic (exact) mass is 411 g/mol. The summed E-state index contributed by atoms with van der Waals surface area (Å²) in [5.41, 5.74) is -0.246. The number of hydrogen-bond acceptors (Lipinski definition) is 4. The van der Waals surface area contributed by atoms with Crippen molar-refractivity contribution in [1.29, 1.82) is 0 Å². The number of H-pyrrole nitrogens is 2. The van der Waals surface area contributed by atoms with Crippen molar-refractivity contribution in [2.24, 2.45) is 17.8 Å². The minimum atomic E-state index is -3.12. The maximum atomic E-state index is 15.8. The first-order chi connectivity index (χ1) is 13.7. The van der Waals surface area contributed by atoms with Crippen LogP contribution in [0, 0.1) is 17.8 Å². The van der Waals surface area contributed by atoms with Crippen LogP contribution >= 0.6 is 0 Å². The van der Waals surface area contributed by atoms with Crippen LogP contribution in [0.1, 0.15) is 49.8 Å². The number of aliphatic hydroxyl groups excluding tert-OH is 1. The summed E-state index contributed by atoms with van der Waals surface area (Å²) in [6, 6.07) is -0.734. The van der Waals surface area contributed by atoms with Crippen molar-refractivity contribution in [3.05, 3.63) is 37.9 Å². The second-order valence-electron chi connectivity index (χ2n) is 9.09. The van der Waals surface area contributed by atoms with Gasteiger partial charge in [0.2, 0.25) is 0 Å². The molecule has 0 aromatic carbocycles. The average Bonchev–Trinajstić information content (AvgIpc) is 3.39. The Balaban J connectivity index is 1.55. The fourth-order valence-electron chi connectivity index (χ4n) is 5.68. The molecule has 2 saturated carbocycles. The van der Waals surface area contributed by atoms with E-state index in [1.807, 2.05) is 4.90 Å². The van der Waals surface area contributed by atoms with Gasteiger partial charge in [0.1, 0.15) is 11.9 Å². The fourth-order valence-corrected chi connectivity index (χ4v) is 5.68. The quantitative estimate of drug-likeness (QED) is 0.694. The molecule has 1 aliphatic heterocycles. The van der Waals surface area contributed by atoms with Gasteiger partial charge in [0, 0.05) is 42.6 Å². The summed E-state index contributed by atoms with van der Waals surface area (Å²) in [4.78, 5) is 31.0. The lowest BCUT2D eigenvalue weighted by molar-refractivity contribution is -0.161. The van der Waals surface area contributed by atoms with E-state index in [0.29, 0.717) is 24.2 Å². The molecule has 3 aliphatic carbocycles. The zero-order valence-electron chi connectivity index (χ0n) is 16.1. The van der Waals surface area contributed by atoms with Gasteiger partial charge < -0.3 is 10.1 Å². The van der Waals surface area contributed by atoms with Gasteiger partial charge in [0.25, 0.3) is 11.5 Å². The van der Waals surface area contributed by atoms with Crippen molar-refractivity contribution in [3.63, 3.8) is 0 Å². The summed E-state index contributed by atoms with van der Waals surface area (Å²) < 4.78 is 43.8. The Kier molecular flexibility index (Phi) is 4.16. The number of halogens is 3. The number of aliphatic hydroxyl groups is 1. The largest absolute Gasteiger partial charge is 0.387 e. The number of fused-ring (bicyclic) bond motifs is 2. The molecule has 6 nitrogen and oxygen atoms in total. The summed E-state index contributed by atoms with van der Waals surface area (Å²) >= 11 is 0. The number of allylic oxidation sites excluding steroid dienone is 1. The SMILES string of the molecule is CC1c2[nH]c(=O)[nH]c(=O)c2C(C2CC2)=C(F)C1N1CC2CCC(F)(F)C(O)C2C1. The van der Waals surface area contributed by atoms with Gasteiger partial charge in [-0.3, -0.25) is 14.7 Å². The molecule has 5 atom stereocenters. The maximum Gasteiger partial charge on any atom is 0.325 e. The number of aromatic amines is 2. The van der Waals surface area contributed by atoms with Crippen LogP contribution in [0.15, 0.2) is 15.4 Å². The summed E-state index contributed by atoms with van der Waals surface area (Å²) in [7, 11) is 0. The second kappa shape index (κ2) is 6.31. The zero-order valence-corrected chi connectivity index (χ0v) is 16.1. The van der Waals surface area contributed by atoms with E-state index >= 15 is 4.39 Å². The fraction of sp³-hybridized carbons (Fsp3) is 0.700. The Labute approximate surface area is 164 Å². The van der Waals surface area contributed by atoms with E-state index in [9.17, 15) is 23.5 Å². The van der Waals surface area contributed by atoms with Gasteiger partial charge in [-0.15, -0.1) is 0 Å². The number of nitrogens with zero attached hydrogens (tertiary/aromatic N) is 1. The van der Waals surface area contributed by atoms with E-state index in [1.165, 1.54) is 0 Å². The minimum absolute atomic E-state index is 0.0597. The van der Waals surface area contributed by atoms with Crippen LogP contribution in [-0.2, 0) is 0 Å². The second-order valence-corrected chi connectivity index (χ2v) is 9.09. The van der Waals surface area contributed by atoms with E-state index in [4.69, 9.17) is 0 Å². The Morgan fingerprint density at radius 2 is 1.86 bits per heavy atom. The zero-order chi connectivity index (χ0) is 20.7. The van der Waals surface area contributed by atoms with E-state index in [-0.39, 0.29) is 30.4 Å². The van der Waals surface area contributed by atoms with Crippen LogP contribution in [0.4, 0.5) is 13.2 Å². The van der Waals surface area contributed by atoms with E-state index in [2.05, 4.69) is 9.97 Å². The molecule has 5 unspecified atom stereocenters. The normalized spacial score (nSPS) is 36.8. The van der Waals surface area contributed by atoms with Crippen molar-refractivity contribution < 1.29 is 18.3 Å². The highest BCUT2D eigenvalue weighted by Crippen LogP contribution is 2.52. The molecule has 5 rings (SSSR count). The van der Waals surface area contributed by atoms with E-state index in [0.717, 1.165) is 12.8 Å². The molecule has 4 aliphatic rings. The van der Waals surface area contributed by atoms with Crippen molar-refractivity contribution in [1.82, 2.24) is 14.9 Å². The Morgan fingerprint density at radius 1 is 1.14 bits per heavy atom. The van der Waals surface area contributed by atoms with Crippen LogP contribution in [0.25, 0.3) is 5.57 Å². The minimum Gasteiger partial charge on any atom is -0.387 e. The van der Waals surface area contributed by atoms with Gasteiger partial charge in [-0.25, -0.2) is 18.0 Å². The number of hydrogen-bond donors (Lipinski definition) is 3. The van der Waals surface area contributed by atoms with Crippen molar-refractivity contribution in [2.45, 2.75) is 56.6 Å². The molecule has 9 heteroatoms.